The average Bonchev–Trinajstić information content (AvgIpc) is 2.89. The van der Waals surface area contributed by atoms with E-state index in [1.807, 2.05) is 0 Å². The van der Waals surface area contributed by atoms with Crippen molar-refractivity contribution in [2.45, 2.75) is 12.2 Å². The lowest BCUT2D eigenvalue weighted by atomic mass is 9.93. The Labute approximate surface area is 216 Å². The third-order valence-corrected chi connectivity index (χ3v) is 6.06. The lowest BCUT2D eigenvalue weighted by Crippen LogP contribution is -2.40. The zero-order chi connectivity index (χ0) is 25.8. The molecule has 4 rings (SSSR count). The van der Waals surface area contributed by atoms with Gasteiger partial charge in [0.1, 0.15) is 11.5 Å². The SMILES string of the molecule is COc1cccc([C@@H]2Oc3ccc(Br)cc3C(=O)C2OC(=O)Nc2cc(OC)c(OC)c(OC)c2)c1. The Morgan fingerprint density at radius 2 is 1.64 bits per heavy atom. The number of ether oxygens (including phenoxy) is 6. The Balaban J connectivity index is 1.65. The topological polar surface area (TPSA) is 102 Å². The van der Waals surface area contributed by atoms with E-state index in [9.17, 15) is 9.59 Å². The molecule has 0 saturated heterocycles. The summed E-state index contributed by atoms with van der Waals surface area (Å²) in [6.07, 6.45) is -3.02. The Morgan fingerprint density at radius 1 is 0.917 bits per heavy atom. The molecule has 3 aromatic rings. The van der Waals surface area contributed by atoms with Crippen LogP contribution in [0.2, 0.25) is 0 Å². The molecule has 188 valence electrons. The molecule has 0 bridgehead atoms. The van der Waals surface area contributed by atoms with Gasteiger partial charge in [0.15, 0.2) is 17.6 Å². The van der Waals surface area contributed by atoms with Gasteiger partial charge in [0.25, 0.3) is 0 Å². The molecule has 0 spiro atoms. The van der Waals surface area contributed by atoms with E-state index < -0.39 is 24.1 Å². The first-order valence-electron chi connectivity index (χ1n) is 10.8. The van der Waals surface area contributed by atoms with Crippen LogP contribution in [0.15, 0.2) is 59.1 Å². The van der Waals surface area contributed by atoms with Crippen molar-refractivity contribution in [3.05, 3.63) is 70.2 Å². The second kappa shape index (κ2) is 10.8. The highest BCUT2D eigenvalue weighted by Gasteiger charge is 2.41. The first-order chi connectivity index (χ1) is 17.4. The van der Waals surface area contributed by atoms with Crippen molar-refractivity contribution in [1.29, 1.82) is 0 Å². The number of carbonyl (C=O) groups is 2. The lowest BCUT2D eigenvalue weighted by Gasteiger charge is -2.32. The summed E-state index contributed by atoms with van der Waals surface area (Å²) in [4.78, 5) is 26.5. The molecule has 1 N–H and O–H groups in total. The van der Waals surface area contributed by atoms with E-state index in [0.717, 1.165) is 0 Å². The molecule has 0 radical (unpaired) electrons. The van der Waals surface area contributed by atoms with E-state index in [0.29, 0.717) is 50.0 Å². The summed E-state index contributed by atoms with van der Waals surface area (Å²) in [6, 6.07) is 15.2. The molecule has 9 nitrogen and oxygen atoms in total. The van der Waals surface area contributed by atoms with Crippen LogP contribution >= 0.6 is 15.9 Å². The maximum absolute atomic E-state index is 13.5. The van der Waals surface area contributed by atoms with Crippen molar-refractivity contribution in [2.24, 2.45) is 0 Å². The predicted molar refractivity (Wildman–Crippen MR) is 135 cm³/mol. The van der Waals surface area contributed by atoms with Gasteiger partial charge in [0, 0.05) is 22.2 Å². The molecule has 0 fully saturated rings. The van der Waals surface area contributed by atoms with Crippen LogP contribution in [0, 0.1) is 0 Å². The molecule has 0 aromatic heterocycles. The second-order valence-electron chi connectivity index (χ2n) is 7.68. The smallest absolute Gasteiger partial charge is 0.412 e. The molecular formula is C26H24BrNO8. The van der Waals surface area contributed by atoms with Gasteiger partial charge in [-0.3, -0.25) is 10.1 Å². The number of rotatable bonds is 7. The van der Waals surface area contributed by atoms with Crippen LogP contribution < -0.4 is 29.0 Å². The summed E-state index contributed by atoms with van der Waals surface area (Å²) in [5.74, 6) is 1.63. The van der Waals surface area contributed by atoms with Gasteiger partial charge in [0.05, 0.1) is 39.7 Å². The van der Waals surface area contributed by atoms with E-state index in [1.54, 1.807) is 54.6 Å². The normalized spacial score (nSPS) is 16.3. The van der Waals surface area contributed by atoms with Crippen LogP contribution in [0.25, 0.3) is 0 Å². The molecule has 36 heavy (non-hydrogen) atoms. The minimum atomic E-state index is -1.26. The zero-order valence-corrected chi connectivity index (χ0v) is 21.6. The van der Waals surface area contributed by atoms with Crippen LogP contribution in [-0.4, -0.2) is 46.4 Å². The standard InChI is InChI=1S/C26H24BrNO8/c1-31-17-7-5-6-14(10-17)23-25(22(29)18-11-15(27)8-9-19(18)35-23)36-26(30)28-16-12-20(32-2)24(34-4)21(13-16)33-3/h5-13,23,25H,1-4H3,(H,28,30)/t23-,25?/m0/s1. The molecule has 0 aliphatic carbocycles. The molecule has 1 unspecified atom stereocenters. The van der Waals surface area contributed by atoms with Crippen LogP contribution in [0.4, 0.5) is 10.5 Å². The first-order valence-corrected chi connectivity index (χ1v) is 11.6. The fraction of sp³-hybridized carbons (Fsp3) is 0.231. The van der Waals surface area contributed by atoms with Crippen LogP contribution in [-0.2, 0) is 4.74 Å². The van der Waals surface area contributed by atoms with Gasteiger partial charge in [-0.05, 0) is 30.3 Å². The fourth-order valence-electron chi connectivity index (χ4n) is 3.88. The largest absolute Gasteiger partial charge is 0.497 e. The summed E-state index contributed by atoms with van der Waals surface area (Å²) in [7, 11) is 5.94. The Kier molecular flexibility index (Phi) is 7.54. The fourth-order valence-corrected chi connectivity index (χ4v) is 4.24. The molecule has 3 aromatic carbocycles. The van der Waals surface area contributed by atoms with Gasteiger partial charge in [-0.15, -0.1) is 0 Å². The highest BCUT2D eigenvalue weighted by molar-refractivity contribution is 9.10. The van der Waals surface area contributed by atoms with Gasteiger partial charge in [0.2, 0.25) is 17.6 Å². The number of carbonyl (C=O) groups excluding carboxylic acids is 2. The summed E-state index contributed by atoms with van der Waals surface area (Å²) in [6.45, 7) is 0. The van der Waals surface area contributed by atoms with Gasteiger partial charge in [-0.2, -0.15) is 0 Å². The second-order valence-corrected chi connectivity index (χ2v) is 8.60. The van der Waals surface area contributed by atoms with Crippen molar-refractivity contribution in [3.63, 3.8) is 0 Å². The molecule has 1 aliphatic rings. The van der Waals surface area contributed by atoms with Crippen molar-refractivity contribution < 1.29 is 38.0 Å². The first kappa shape index (κ1) is 25.2. The van der Waals surface area contributed by atoms with Gasteiger partial charge in [-0.1, -0.05) is 28.1 Å². The summed E-state index contributed by atoms with van der Waals surface area (Å²) in [5, 5.41) is 2.62. The Hall–Kier alpha value is -3.92. The van der Waals surface area contributed by atoms with E-state index in [1.165, 1.54) is 28.4 Å². The summed E-state index contributed by atoms with van der Waals surface area (Å²) < 4.78 is 33.8. The summed E-state index contributed by atoms with van der Waals surface area (Å²) in [5.41, 5.74) is 1.23. The van der Waals surface area contributed by atoms with E-state index in [-0.39, 0.29) is 0 Å². The van der Waals surface area contributed by atoms with E-state index in [2.05, 4.69) is 21.2 Å². The van der Waals surface area contributed by atoms with Crippen molar-refractivity contribution in [2.75, 3.05) is 33.8 Å². The monoisotopic (exact) mass is 557 g/mol. The maximum atomic E-state index is 13.5. The van der Waals surface area contributed by atoms with Crippen LogP contribution in [0.3, 0.4) is 0 Å². The third kappa shape index (κ3) is 5.03. The molecule has 1 aliphatic heterocycles. The predicted octanol–water partition coefficient (Wildman–Crippen LogP) is 5.42. The number of ketones is 1. The number of hydrogen-bond donors (Lipinski definition) is 1. The average molecular weight is 558 g/mol. The number of methoxy groups -OCH3 is 4. The number of hydrogen-bond acceptors (Lipinski definition) is 8. The number of nitrogens with one attached hydrogen (secondary N) is 1. The minimum absolute atomic E-state index is 0.300. The number of anilines is 1. The van der Waals surface area contributed by atoms with Gasteiger partial charge < -0.3 is 28.4 Å². The van der Waals surface area contributed by atoms with E-state index >= 15 is 0 Å². The van der Waals surface area contributed by atoms with Crippen molar-refractivity contribution >= 4 is 33.5 Å². The van der Waals surface area contributed by atoms with Gasteiger partial charge >= 0.3 is 6.09 Å². The van der Waals surface area contributed by atoms with Crippen molar-refractivity contribution in [3.8, 4) is 28.7 Å². The highest BCUT2D eigenvalue weighted by atomic mass is 79.9. The van der Waals surface area contributed by atoms with Gasteiger partial charge in [-0.25, -0.2) is 4.79 Å². The molecule has 2 atom stereocenters. The quantitative estimate of drug-likeness (QED) is 0.411. The highest BCUT2D eigenvalue weighted by Crippen LogP contribution is 2.41. The zero-order valence-electron chi connectivity index (χ0n) is 20.0. The number of benzene rings is 3. The number of fused-ring (bicyclic) bond motifs is 1. The maximum Gasteiger partial charge on any atom is 0.412 e. The third-order valence-electron chi connectivity index (χ3n) is 5.56. The lowest BCUT2D eigenvalue weighted by molar-refractivity contribution is 0.0132. The minimum Gasteiger partial charge on any atom is -0.497 e. The van der Waals surface area contributed by atoms with E-state index in [4.69, 9.17) is 28.4 Å². The molecule has 10 heteroatoms. The molecule has 0 saturated carbocycles. The Morgan fingerprint density at radius 3 is 2.28 bits per heavy atom. The molecule has 1 heterocycles. The number of Topliss-reactive ketones (excluding diaryl/α,β-unsaturated/α-hetero) is 1. The van der Waals surface area contributed by atoms with Crippen LogP contribution in [0.1, 0.15) is 22.0 Å². The number of halogens is 1. The summed E-state index contributed by atoms with van der Waals surface area (Å²) >= 11 is 3.37. The van der Waals surface area contributed by atoms with Crippen LogP contribution in [0.5, 0.6) is 28.7 Å². The molecular weight excluding hydrogens is 534 g/mol. The number of amides is 1. The van der Waals surface area contributed by atoms with Crippen molar-refractivity contribution in [1.82, 2.24) is 0 Å². The Bertz CT molecular complexity index is 1270. The molecule has 1 amide bonds.